The van der Waals surface area contributed by atoms with Crippen molar-refractivity contribution in [3.8, 4) is 5.88 Å². The van der Waals surface area contributed by atoms with Crippen LogP contribution in [0.15, 0.2) is 17.3 Å². The van der Waals surface area contributed by atoms with Crippen molar-refractivity contribution in [3.05, 3.63) is 23.5 Å². The molecule has 0 unspecified atom stereocenters. The number of H-pyrrole nitrogens is 1. The standard InChI is InChI=1S/C28H35N7O2/c1-35-4-2-19(3-5-35)25(36)31-21-10-22-20(14-29-24(22)30-15-21)9-23-26(37)33-27(32-23)34-28-11-16-6-17(12-28)8-18(7-16)13-28/h9-10,14-19,37H,2-8,11-13H2,1H3,(H,31,36)(H2,32,33,34). The van der Waals surface area contributed by atoms with E-state index in [-0.39, 0.29) is 23.2 Å². The van der Waals surface area contributed by atoms with Gasteiger partial charge in [-0.15, -0.1) is 0 Å². The minimum absolute atomic E-state index is 0.0255. The summed E-state index contributed by atoms with van der Waals surface area (Å²) in [6, 6.07) is 1.91. The van der Waals surface area contributed by atoms with Gasteiger partial charge in [-0.1, -0.05) is 0 Å². The number of carbonyl (C=O) groups excluding carboxylic acids is 1. The molecule has 4 aliphatic carbocycles. The fourth-order valence-corrected chi connectivity index (χ4v) is 7.88. The molecule has 5 fully saturated rings. The second-order valence-corrected chi connectivity index (χ2v) is 12.2. The number of fused-ring (bicyclic) bond motifs is 1. The second kappa shape index (κ2) is 8.68. The van der Waals surface area contributed by atoms with Crippen LogP contribution >= 0.6 is 0 Å². The average Bonchev–Trinajstić information content (AvgIpc) is 3.40. The zero-order valence-corrected chi connectivity index (χ0v) is 21.3. The number of aromatic nitrogens is 3. The van der Waals surface area contributed by atoms with Gasteiger partial charge in [0.2, 0.25) is 17.7 Å². The zero-order chi connectivity index (χ0) is 25.1. The van der Waals surface area contributed by atoms with Gasteiger partial charge in [0.1, 0.15) is 5.69 Å². The van der Waals surface area contributed by atoms with Crippen LogP contribution in [0.1, 0.15) is 62.6 Å². The Labute approximate surface area is 216 Å². The molecule has 0 spiro atoms. The molecule has 4 N–H and O–H groups in total. The summed E-state index contributed by atoms with van der Waals surface area (Å²) in [5.41, 5.74) is 2.96. The first-order valence-electron chi connectivity index (χ1n) is 13.7. The summed E-state index contributed by atoms with van der Waals surface area (Å²) in [4.78, 5) is 31.7. The normalized spacial score (nSPS) is 31.7. The molecule has 4 bridgehead atoms. The number of pyridine rings is 1. The van der Waals surface area contributed by atoms with Crippen LogP contribution in [0.4, 0.5) is 17.5 Å². The van der Waals surface area contributed by atoms with Crippen molar-refractivity contribution in [1.82, 2.24) is 19.9 Å². The number of anilines is 2. The van der Waals surface area contributed by atoms with E-state index < -0.39 is 0 Å². The van der Waals surface area contributed by atoms with E-state index in [0.717, 1.165) is 54.8 Å². The highest BCUT2D eigenvalue weighted by Gasteiger charge is 2.51. The van der Waals surface area contributed by atoms with Gasteiger partial charge in [-0.05, 0) is 101 Å². The number of rotatable bonds is 5. The van der Waals surface area contributed by atoms with Crippen molar-refractivity contribution in [2.24, 2.45) is 28.7 Å². The van der Waals surface area contributed by atoms with Crippen molar-refractivity contribution in [1.29, 1.82) is 0 Å². The summed E-state index contributed by atoms with van der Waals surface area (Å²) < 4.78 is 0. The quantitative estimate of drug-likeness (QED) is 0.481. The molecule has 0 radical (unpaired) electrons. The molecular formula is C28H35N7O2. The summed E-state index contributed by atoms with van der Waals surface area (Å²) >= 11 is 0. The predicted molar refractivity (Wildman–Crippen MR) is 144 cm³/mol. The van der Waals surface area contributed by atoms with Gasteiger partial charge in [0, 0.05) is 28.8 Å². The maximum Gasteiger partial charge on any atom is 0.238 e. The molecule has 4 heterocycles. The first kappa shape index (κ1) is 23.0. The Hall–Kier alpha value is -3.20. The van der Waals surface area contributed by atoms with E-state index in [2.05, 4.69) is 42.5 Å². The number of nitrogens with one attached hydrogen (secondary N) is 3. The third kappa shape index (κ3) is 4.33. The van der Waals surface area contributed by atoms with Crippen molar-refractivity contribution in [2.45, 2.75) is 56.9 Å². The Morgan fingerprint density at radius 3 is 2.57 bits per heavy atom. The lowest BCUT2D eigenvalue weighted by Gasteiger charge is -2.56. The number of aromatic hydroxyl groups is 1. The summed E-state index contributed by atoms with van der Waals surface area (Å²) in [5.74, 6) is 3.78. The highest BCUT2D eigenvalue weighted by atomic mass is 16.3. The SMILES string of the molecule is CN1CCC(C(=O)Nc2cnc3c(c2)C(=Cc2[nH]c(NC45CC6CC(CC(C6)C4)C5)nc2O)C=N3)CC1. The molecule has 37 heavy (non-hydrogen) atoms. The number of hydrogen-bond acceptors (Lipinski definition) is 7. The average molecular weight is 502 g/mol. The molecule has 0 aromatic carbocycles. The number of likely N-dealkylation sites (tertiary alicyclic amines) is 1. The van der Waals surface area contributed by atoms with Crippen LogP contribution < -0.4 is 10.6 Å². The largest absolute Gasteiger partial charge is 0.492 e. The van der Waals surface area contributed by atoms with Crippen LogP contribution in [-0.2, 0) is 4.79 Å². The van der Waals surface area contributed by atoms with Crippen LogP contribution in [0.3, 0.4) is 0 Å². The first-order valence-corrected chi connectivity index (χ1v) is 13.7. The first-order chi connectivity index (χ1) is 17.9. The second-order valence-electron chi connectivity index (χ2n) is 12.2. The monoisotopic (exact) mass is 501 g/mol. The fourth-order valence-electron chi connectivity index (χ4n) is 7.88. The Morgan fingerprint density at radius 2 is 1.86 bits per heavy atom. The van der Waals surface area contributed by atoms with Crippen LogP contribution in [0.5, 0.6) is 5.88 Å². The maximum absolute atomic E-state index is 12.8. The summed E-state index contributed by atoms with van der Waals surface area (Å²) in [6.45, 7) is 1.88. The van der Waals surface area contributed by atoms with Crippen LogP contribution in [0, 0.1) is 23.7 Å². The van der Waals surface area contributed by atoms with Gasteiger partial charge < -0.3 is 25.6 Å². The highest BCUT2D eigenvalue weighted by Crippen LogP contribution is 2.56. The van der Waals surface area contributed by atoms with E-state index in [9.17, 15) is 9.90 Å². The Kier molecular flexibility index (Phi) is 5.39. The molecule has 1 amide bonds. The summed E-state index contributed by atoms with van der Waals surface area (Å²) in [6.07, 6.45) is 14.8. The smallest absolute Gasteiger partial charge is 0.238 e. The maximum atomic E-state index is 12.8. The molecule has 2 aliphatic heterocycles. The van der Waals surface area contributed by atoms with Crippen molar-refractivity contribution in [3.63, 3.8) is 0 Å². The number of nitrogens with zero attached hydrogens (tertiary/aromatic N) is 4. The van der Waals surface area contributed by atoms with Crippen LogP contribution in [-0.4, -0.2) is 62.8 Å². The Morgan fingerprint density at radius 1 is 1.16 bits per heavy atom. The molecule has 4 saturated carbocycles. The molecule has 2 aromatic rings. The lowest BCUT2D eigenvalue weighted by atomic mass is 9.53. The van der Waals surface area contributed by atoms with E-state index in [1.165, 1.54) is 38.5 Å². The number of piperidine rings is 1. The minimum Gasteiger partial charge on any atom is -0.492 e. The number of hydrogen-bond donors (Lipinski definition) is 4. The lowest BCUT2D eigenvalue weighted by molar-refractivity contribution is -0.121. The van der Waals surface area contributed by atoms with Gasteiger partial charge in [0.05, 0.1) is 11.9 Å². The summed E-state index contributed by atoms with van der Waals surface area (Å²) in [5, 5.41) is 17.4. The van der Waals surface area contributed by atoms with Crippen molar-refractivity contribution in [2.75, 3.05) is 30.8 Å². The van der Waals surface area contributed by atoms with Crippen molar-refractivity contribution >= 4 is 41.2 Å². The number of amides is 1. The number of carbonyl (C=O) groups is 1. The molecule has 2 aromatic heterocycles. The van der Waals surface area contributed by atoms with Gasteiger partial charge in [-0.3, -0.25) is 4.79 Å². The van der Waals surface area contributed by atoms with Crippen LogP contribution in [0.2, 0.25) is 0 Å². The van der Waals surface area contributed by atoms with Crippen LogP contribution in [0.25, 0.3) is 11.6 Å². The van der Waals surface area contributed by atoms with Gasteiger partial charge in [-0.25, -0.2) is 9.98 Å². The third-order valence-electron chi connectivity index (χ3n) is 9.29. The Balaban J connectivity index is 1.08. The molecule has 8 rings (SSSR count). The number of aromatic amines is 1. The van der Waals surface area contributed by atoms with Gasteiger partial charge in [0.15, 0.2) is 5.82 Å². The molecule has 0 atom stereocenters. The van der Waals surface area contributed by atoms with E-state index in [4.69, 9.17) is 0 Å². The number of allylic oxidation sites excluding steroid dienone is 1. The molecule has 194 valence electrons. The topological polar surface area (TPSA) is 119 Å². The number of aliphatic imine (C=N–C) groups is 1. The molecule has 9 nitrogen and oxygen atoms in total. The van der Waals surface area contributed by atoms with E-state index in [1.54, 1.807) is 12.4 Å². The lowest BCUT2D eigenvalue weighted by Crippen LogP contribution is -2.54. The van der Waals surface area contributed by atoms with Crippen molar-refractivity contribution < 1.29 is 9.90 Å². The van der Waals surface area contributed by atoms with E-state index in [0.29, 0.717) is 23.1 Å². The zero-order valence-electron chi connectivity index (χ0n) is 21.3. The summed E-state index contributed by atoms with van der Waals surface area (Å²) in [7, 11) is 2.09. The predicted octanol–water partition coefficient (Wildman–Crippen LogP) is 4.43. The van der Waals surface area contributed by atoms with E-state index >= 15 is 0 Å². The highest BCUT2D eigenvalue weighted by molar-refractivity contribution is 6.21. The van der Waals surface area contributed by atoms with E-state index in [1.807, 2.05) is 12.1 Å². The number of imidazole rings is 1. The minimum atomic E-state index is -0.0266. The van der Waals surface area contributed by atoms with Gasteiger partial charge in [-0.2, -0.15) is 4.98 Å². The van der Waals surface area contributed by atoms with Gasteiger partial charge >= 0.3 is 0 Å². The molecule has 6 aliphatic rings. The van der Waals surface area contributed by atoms with Gasteiger partial charge in [0.25, 0.3) is 0 Å². The third-order valence-corrected chi connectivity index (χ3v) is 9.29. The molecule has 9 heteroatoms. The Bertz CT molecular complexity index is 1250. The molecular weight excluding hydrogens is 466 g/mol. The molecule has 1 saturated heterocycles. The fraction of sp³-hybridized carbons (Fsp3) is 0.571.